The standard InChI is InChI=1S/C17H14BrN5O/c18-14-5-2-8-19-15(14)17(24)21-12-4-1-3-11(9-12)16-22-20-10-23(16)13-6-7-13/h1-5,8-10,13H,6-7H2,(H,21,24). The maximum Gasteiger partial charge on any atom is 0.275 e. The van der Waals surface area contributed by atoms with Crippen LogP contribution in [0, 0.1) is 0 Å². The second kappa shape index (κ2) is 6.16. The number of rotatable bonds is 4. The van der Waals surface area contributed by atoms with Crippen molar-refractivity contribution >= 4 is 27.5 Å². The Kier molecular flexibility index (Phi) is 3.86. The van der Waals surface area contributed by atoms with E-state index >= 15 is 0 Å². The number of anilines is 1. The van der Waals surface area contributed by atoms with Crippen LogP contribution in [0.15, 0.2) is 53.4 Å². The molecule has 1 aliphatic carbocycles. The number of hydrogen-bond acceptors (Lipinski definition) is 4. The van der Waals surface area contributed by atoms with Crippen LogP contribution < -0.4 is 5.32 Å². The molecular formula is C17H14BrN5O. The predicted molar refractivity (Wildman–Crippen MR) is 93.6 cm³/mol. The molecule has 7 heteroatoms. The van der Waals surface area contributed by atoms with Gasteiger partial charge in [0.25, 0.3) is 5.91 Å². The zero-order valence-electron chi connectivity index (χ0n) is 12.7. The van der Waals surface area contributed by atoms with Gasteiger partial charge in [0.15, 0.2) is 5.82 Å². The first kappa shape index (κ1) is 15.0. The molecular weight excluding hydrogens is 370 g/mol. The van der Waals surface area contributed by atoms with Gasteiger partial charge in [-0.05, 0) is 53.0 Å². The van der Waals surface area contributed by atoms with Gasteiger partial charge in [-0.3, -0.25) is 4.79 Å². The van der Waals surface area contributed by atoms with Gasteiger partial charge in [0.2, 0.25) is 0 Å². The van der Waals surface area contributed by atoms with E-state index in [1.165, 1.54) is 0 Å². The van der Waals surface area contributed by atoms with Crippen LogP contribution in [0.25, 0.3) is 11.4 Å². The van der Waals surface area contributed by atoms with E-state index in [1.54, 1.807) is 24.7 Å². The molecule has 2 heterocycles. The van der Waals surface area contributed by atoms with Gasteiger partial charge in [-0.2, -0.15) is 0 Å². The SMILES string of the molecule is O=C(Nc1cccc(-c2nncn2C2CC2)c1)c1ncccc1Br. The molecule has 0 aliphatic heterocycles. The molecule has 1 amide bonds. The molecule has 2 aromatic heterocycles. The molecule has 0 unspecified atom stereocenters. The molecule has 0 saturated heterocycles. The van der Waals surface area contributed by atoms with Crippen LogP contribution in [0.1, 0.15) is 29.4 Å². The zero-order valence-corrected chi connectivity index (χ0v) is 14.3. The third-order valence-corrected chi connectivity index (χ3v) is 4.51. The first-order chi connectivity index (χ1) is 11.7. The van der Waals surface area contributed by atoms with E-state index in [2.05, 4.69) is 41.0 Å². The third kappa shape index (κ3) is 2.94. The molecule has 120 valence electrons. The topological polar surface area (TPSA) is 72.7 Å². The van der Waals surface area contributed by atoms with Crippen molar-refractivity contribution in [3.63, 3.8) is 0 Å². The monoisotopic (exact) mass is 383 g/mol. The average Bonchev–Trinajstić information content (AvgIpc) is 3.32. The smallest absolute Gasteiger partial charge is 0.275 e. The summed E-state index contributed by atoms with van der Waals surface area (Å²) in [6.07, 6.45) is 5.68. The summed E-state index contributed by atoms with van der Waals surface area (Å²) >= 11 is 3.34. The van der Waals surface area contributed by atoms with Crippen molar-refractivity contribution < 1.29 is 4.79 Å². The summed E-state index contributed by atoms with van der Waals surface area (Å²) in [6.45, 7) is 0. The minimum absolute atomic E-state index is 0.261. The van der Waals surface area contributed by atoms with Gasteiger partial charge < -0.3 is 9.88 Å². The fraction of sp³-hybridized carbons (Fsp3) is 0.176. The number of hydrogen-bond donors (Lipinski definition) is 1. The van der Waals surface area contributed by atoms with Gasteiger partial charge in [0.05, 0.1) is 0 Å². The number of aromatic nitrogens is 4. The lowest BCUT2D eigenvalue weighted by molar-refractivity contribution is 0.102. The van der Waals surface area contributed by atoms with E-state index < -0.39 is 0 Å². The summed E-state index contributed by atoms with van der Waals surface area (Å²) in [5.74, 6) is 0.566. The van der Waals surface area contributed by atoms with E-state index in [1.807, 2.05) is 24.3 Å². The number of nitrogens with one attached hydrogen (secondary N) is 1. The highest BCUT2D eigenvalue weighted by molar-refractivity contribution is 9.10. The van der Waals surface area contributed by atoms with E-state index in [0.717, 1.165) is 24.2 Å². The highest BCUT2D eigenvalue weighted by Gasteiger charge is 2.26. The van der Waals surface area contributed by atoms with Gasteiger partial charge in [-0.1, -0.05) is 12.1 Å². The fourth-order valence-corrected chi connectivity index (χ4v) is 2.98. The van der Waals surface area contributed by atoms with Gasteiger partial charge in [0.1, 0.15) is 12.0 Å². The second-order valence-corrected chi connectivity index (χ2v) is 6.52. The summed E-state index contributed by atoms with van der Waals surface area (Å²) in [7, 11) is 0. The number of benzene rings is 1. The van der Waals surface area contributed by atoms with Crippen LogP contribution >= 0.6 is 15.9 Å². The highest BCUT2D eigenvalue weighted by Crippen LogP contribution is 2.37. The van der Waals surface area contributed by atoms with Crippen molar-refractivity contribution in [1.82, 2.24) is 19.7 Å². The molecule has 1 aliphatic rings. The minimum Gasteiger partial charge on any atom is -0.321 e. The lowest BCUT2D eigenvalue weighted by Gasteiger charge is -2.09. The molecule has 0 radical (unpaired) electrons. The normalized spacial score (nSPS) is 13.7. The zero-order chi connectivity index (χ0) is 16.5. The lowest BCUT2D eigenvalue weighted by atomic mass is 10.2. The molecule has 1 aromatic carbocycles. The van der Waals surface area contributed by atoms with E-state index in [-0.39, 0.29) is 5.91 Å². The summed E-state index contributed by atoms with van der Waals surface area (Å²) < 4.78 is 2.75. The Labute approximate surface area is 147 Å². The van der Waals surface area contributed by atoms with Crippen molar-refractivity contribution in [3.05, 3.63) is 59.1 Å². The molecule has 0 spiro atoms. The summed E-state index contributed by atoms with van der Waals surface area (Å²) in [5.41, 5.74) is 1.97. The second-order valence-electron chi connectivity index (χ2n) is 5.66. The van der Waals surface area contributed by atoms with Gasteiger partial charge in [0, 0.05) is 28.0 Å². The Bertz CT molecular complexity index is 903. The highest BCUT2D eigenvalue weighted by atomic mass is 79.9. The number of pyridine rings is 1. The van der Waals surface area contributed by atoms with Crippen molar-refractivity contribution in [2.24, 2.45) is 0 Å². The van der Waals surface area contributed by atoms with Crippen LogP contribution in [0.4, 0.5) is 5.69 Å². The van der Waals surface area contributed by atoms with Gasteiger partial charge in [-0.15, -0.1) is 10.2 Å². The van der Waals surface area contributed by atoms with Crippen molar-refractivity contribution in [1.29, 1.82) is 0 Å². The molecule has 1 fully saturated rings. The minimum atomic E-state index is -0.261. The average molecular weight is 384 g/mol. The molecule has 0 atom stereocenters. The number of carbonyl (C=O) groups is 1. The van der Waals surface area contributed by atoms with Crippen LogP contribution in [0.2, 0.25) is 0 Å². The molecule has 6 nitrogen and oxygen atoms in total. The number of nitrogens with zero attached hydrogens (tertiary/aromatic N) is 4. The Morgan fingerprint density at radius 1 is 1.25 bits per heavy atom. The number of halogens is 1. The summed E-state index contributed by atoms with van der Waals surface area (Å²) in [6, 6.07) is 11.7. The van der Waals surface area contributed by atoms with Crippen molar-refractivity contribution in [2.45, 2.75) is 18.9 Å². The molecule has 1 saturated carbocycles. The Hall–Kier alpha value is -2.54. The third-order valence-electron chi connectivity index (χ3n) is 3.87. The van der Waals surface area contributed by atoms with Crippen molar-refractivity contribution in [3.8, 4) is 11.4 Å². The van der Waals surface area contributed by atoms with Crippen LogP contribution in [0.3, 0.4) is 0 Å². The number of amides is 1. The van der Waals surface area contributed by atoms with Crippen LogP contribution in [0.5, 0.6) is 0 Å². The van der Waals surface area contributed by atoms with Crippen LogP contribution in [-0.4, -0.2) is 25.7 Å². The van der Waals surface area contributed by atoms with Crippen LogP contribution in [-0.2, 0) is 0 Å². The molecule has 3 aromatic rings. The summed E-state index contributed by atoms with van der Waals surface area (Å²) in [5, 5.41) is 11.1. The van der Waals surface area contributed by atoms with Gasteiger partial charge >= 0.3 is 0 Å². The fourth-order valence-electron chi connectivity index (χ4n) is 2.55. The molecule has 4 rings (SSSR count). The quantitative estimate of drug-likeness (QED) is 0.745. The van der Waals surface area contributed by atoms with Gasteiger partial charge in [-0.25, -0.2) is 4.98 Å². The Balaban J connectivity index is 1.60. The predicted octanol–water partition coefficient (Wildman–Crippen LogP) is 3.69. The first-order valence-electron chi connectivity index (χ1n) is 7.64. The first-order valence-corrected chi connectivity index (χ1v) is 8.43. The van der Waals surface area contributed by atoms with E-state index in [0.29, 0.717) is 21.9 Å². The lowest BCUT2D eigenvalue weighted by Crippen LogP contribution is -2.14. The Morgan fingerprint density at radius 2 is 2.12 bits per heavy atom. The van der Waals surface area contributed by atoms with E-state index in [9.17, 15) is 4.79 Å². The van der Waals surface area contributed by atoms with E-state index in [4.69, 9.17) is 0 Å². The molecule has 24 heavy (non-hydrogen) atoms. The molecule has 0 bridgehead atoms. The Morgan fingerprint density at radius 3 is 2.92 bits per heavy atom. The maximum atomic E-state index is 12.4. The number of carbonyl (C=O) groups excluding carboxylic acids is 1. The molecule has 1 N–H and O–H groups in total. The maximum absolute atomic E-state index is 12.4. The summed E-state index contributed by atoms with van der Waals surface area (Å²) in [4.78, 5) is 16.5. The largest absolute Gasteiger partial charge is 0.321 e. The van der Waals surface area contributed by atoms with Crippen molar-refractivity contribution in [2.75, 3.05) is 5.32 Å².